The van der Waals surface area contributed by atoms with Crippen molar-refractivity contribution in [3.05, 3.63) is 47.7 Å². The minimum Gasteiger partial charge on any atom is -0.424 e. The fourth-order valence-corrected chi connectivity index (χ4v) is 3.37. The Morgan fingerprint density at radius 1 is 1.09 bits per heavy atom. The number of rotatable bonds is 4. The molecule has 0 bridgehead atoms. The molecule has 0 radical (unpaired) electrons. The van der Waals surface area contributed by atoms with E-state index in [1.807, 2.05) is 19.1 Å². The summed E-state index contributed by atoms with van der Waals surface area (Å²) in [6, 6.07) is 10.3. The van der Waals surface area contributed by atoms with E-state index in [2.05, 4.69) is 49.9 Å². The molecule has 0 N–H and O–H groups in total. The second-order valence-electron chi connectivity index (χ2n) is 5.25. The number of nitrogens with zero attached hydrogens (tertiary/aromatic N) is 5. The lowest BCUT2D eigenvalue weighted by molar-refractivity contribution is 0.470. The third-order valence-corrected chi connectivity index (χ3v) is 4.62. The molecule has 0 atom stereocenters. The summed E-state index contributed by atoms with van der Waals surface area (Å²) in [6.45, 7) is 4.08. The maximum absolute atomic E-state index is 5.55. The zero-order chi connectivity index (χ0) is 15.8. The molecule has 7 heteroatoms. The molecule has 3 aromatic heterocycles. The Bertz CT molecular complexity index is 991. The van der Waals surface area contributed by atoms with Gasteiger partial charge >= 0.3 is 0 Å². The van der Waals surface area contributed by atoms with Crippen molar-refractivity contribution in [3.8, 4) is 0 Å². The van der Waals surface area contributed by atoms with Crippen LogP contribution in [0.2, 0.25) is 0 Å². The number of fused-ring (bicyclic) bond motifs is 3. The molecule has 0 aliphatic heterocycles. The summed E-state index contributed by atoms with van der Waals surface area (Å²) >= 11 is 1.55. The van der Waals surface area contributed by atoms with E-state index in [1.165, 1.54) is 10.9 Å². The summed E-state index contributed by atoms with van der Waals surface area (Å²) in [5, 5.41) is 18.7. The Labute approximate surface area is 136 Å². The first-order valence-electron chi connectivity index (χ1n) is 7.44. The molecule has 0 aliphatic rings. The largest absolute Gasteiger partial charge is 0.424 e. The zero-order valence-corrected chi connectivity index (χ0v) is 13.7. The number of pyridine rings is 1. The van der Waals surface area contributed by atoms with E-state index in [1.54, 1.807) is 11.8 Å². The van der Waals surface area contributed by atoms with Crippen LogP contribution in [0, 0.1) is 6.92 Å². The molecule has 1 aromatic carbocycles. The molecule has 3 heterocycles. The van der Waals surface area contributed by atoms with Crippen LogP contribution in [0.5, 0.6) is 0 Å². The third-order valence-electron chi connectivity index (χ3n) is 3.71. The van der Waals surface area contributed by atoms with Gasteiger partial charge < -0.3 is 4.42 Å². The molecule has 116 valence electrons. The third kappa shape index (κ3) is 2.46. The van der Waals surface area contributed by atoms with Crippen LogP contribution in [0.3, 0.4) is 0 Å². The summed E-state index contributed by atoms with van der Waals surface area (Å²) in [4.78, 5) is 0. The van der Waals surface area contributed by atoms with Crippen LogP contribution in [0.15, 0.2) is 39.9 Å². The molecular weight excluding hydrogens is 310 g/mol. The van der Waals surface area contributed by atoms with Crippen LogP contribution in [0.1, 0.15) is 24.3 Å². The Balaban J connectivity index is 1.74. The summed E-state index contributed by atoms with van der Waals surface area (Å²) in [6.07, 6.45) is 0.745. The standard InChI is InChI=1S/C16H15N5OS/c1-3-14-18-19-15(22-14)9-23-16-20-17-13-8-10(2)11-6-4-5-7-12(11)21(13)16/h4-8H,3,9H2,1-2H3. The van der Waals surface area contributed by atoms with Gasteiger partial charge in [0.25, 0.3) is 0 Å². The van der Waals surface area contributed by atoms with E-state index in [4.69, 9.17) is 4.42 Å². The predicted molar refractivity (Wildman–Crippen MR) is 88.5 cm³/mol. The highest BCUT2D eigenvalue weighted by Gasteiger charge is 2.13. The zero-order valence-electron chi connectivity index (χ0n) is 12.9. The molecule has 0 unspecified atom stereocenters. The van der Waals surface area contributed by atoms with E-state index >= 15 is 0 Å². The second-order valence-corrected chi connectivity index (χ2v) is 6.19. The molecule has 0 spiro atoms. The van der Waals surface area contributed by atoms with Gasteiger partial charge in [0, 0.05) is 11.8 Å². The molecule has 4 rings (SSSR count). The van der Waals surface area contributed by atoms with Crippen LogP contribution >= 0.6 is 11.8 Å². The average Bonchev–Trinajstić information content (AvgIpc) is 3.19. The minimum absolute atomic E-state index is 0.579. The lowest BCUT2D eigenvalue weighted by Crippen LogP contribution is -1.93. The number of aromatic nitrogens is 5. The van der Waals surface area contributed by atoms with E-state index in [9.17, 15) is 0 Å². The Morgan fingerprint density at radius 3 is 2.74 bits per heavy atom. The molecule has 0 saturated carbocycles. The minimum atomic E-state index is 0.579. The van der Waals surface area contributed by atoms with E-state index in [0.717, 1.165) is 22.7 Å². The number of para-hydroxylation sites is 1. The Morgan fingerprint density at radius 2 is 1.91 bits per heavy atom. The lowest BCUT2D eigenvalue weighted by atomic mass is 10.1. The maximum atomic E-state index is 5.55. The molecular formula is C16H15N5OS. The fraction of sp³-hybridized carbons (Fsp3) is 0.250. The Hall–Kier alpha value is -2.41. The molecule has 6 nitrogen and oxygen atoms in total. The van der Waals surface area contributed by atoms with Crippen LogP contribution in [-0.2, 0) is 12.2 Å². The van der Waals surface area contributed by atoms with Crippen molar-refractivity contribution in [1.29, 1.82) is 0 Å². The van der Waals surface area contributed by atoms with Gasteiger partial charge in [-0.05, 0) is 24.6 Å². The van der Waals surface area contributed by atoms with Crippen LogP contribution in [0.25, 0.3) is 16.6 Å². The first kappa shape index (κ1) is 14.2. The molecule has 23 heavy (non-hydrogen) atoms. The van der Waals surface area contributed by atoms with Gasteiger partial charge in [0.2, 0.25) is 11.8 Å². The van der Waals surface area contributed by atoms with Gasteiger partial charge in [-0.15, -0.1) is 20.4 Å². The normalized spacial score (nSPS) is 11.6. The number of thioether (sulfide) groups is 1. The second kappa shape index (κ2) is 5.66. The SMILES string of the molecule is CCc1nnc(CSc2nnc3cc(C)c4ccccc4n23)o1. The lowest BCUT2D eigenvalue weighted by Gasteiger charge is -2.06. The van der Waals surface area contributed by atoms with Crippen LogP contribution in [0.4, 0.5) is 0 Å². The van der Waals surface area contributed by atoms with Crippen molar-refractivity contribution in [1.82, 2.24) is 24.8 Å². The molecule has 0 amide bonds. The van der Waals surface area contributed by atoms with Crippen molar-refractivity contribution >= 4 is 28.3 Å². The molecule has 0 aliphatic carbocycles. The number of hydrogen-bond donors (Lipinski definition) is 0. The van der Waals surface area contributed by atoms with Gasteiger partial charge in [0.1, 0.15) is 0 Å². The van der Waals surface area contributed by atoms with Crippen LogP contribution < -0.4 is 0 Å². The first-order valence-corrected chi connectivity index (χ1v) is 8.42. The molecule has 4 aromatic rings. The van der Waals surface area contributed by atoms with Crippen LogP contribution in [-0.4, -0.2) is 24.8 Å². The fourth-order valence-electron chi connectivity index (χ4n) is 2.58. The van der Waals surface area contributed by atoms with Gasteiger partial charge in [0.05, 0.1) is 11.3 Å². The number of aryl methyl sites for hydroxylation is 2. The predicted octanol–water partition coefficient (Wildman–Crippen LogP) is 3.43. The number of benzene rings is 1. The summed E-state index contributed by atoms with van der Waals surface area (Å²) in [7, 11) is 0. The monoisotopic (exact) mass is 325 g/mol. The van der Waals surface area contributed by atoms with Crippen molar-refractivity contribution in [2.45, 2.75) is 31.2 Å². The topological polar surface area (TPSA) is 69.1 Å². The smallest absolute Gasteiger partial charge is 0.226 e. The highest BCUT2D eigenvalue weighted by molar-refractivity contribution is 7.98. The van der Waals surface area contributed by atoms with Gasteiger partial charge in [-0.3, -0.25) is 4.40 Å². The van der Waals surface area contributed by atoms with E-state index in [-0.39, 0.29) is 0 Å². The average molecular weight is 325 g/mol. The van der Waals surface area contributed by atoms with Gasteiger partial charge in [-0.2, -0.15) is 0 Å². The summed E-state index contributed by atoms with van der Waals surface area (Å²) in [5.74, 6) is 1.85. The van der Waals surface area contributed by atoms with Gasteiger partial charge in [-0.25, -0.2) is 0 Å². The van der Waals surface area contributed by atoms with Gasteiger partial charge in [0.15, 0.2) is 10.8 Å². The van der Waals surface area contributed by atoms with E-state index in [0.29, 0.717) is 17.5 Å². The molecule has 0 fully saturated rings. The highest BCUT2D eigenvalue weighted by atomic mass is 32.2. The quantitative estimate of drug-likeness (QED) is 0.535. The van der Waals surface area contributed by atoms with Crippen molar-refractivity contribution < 1.29 is 4.42 Å². The Kier molecular flexibility index (Phi) is 3.49. The number of hydrogen-bond acceptors (Lipinski definition) is 6. The van der Waals surface area contributed by atoms with Crippen molar-refractivity contribution in [2.75, 3.05) is 0 Å². The van der Waals surface area contributed by atoms with E-state index < -0.39 is 0 Å². The highest BCUT2D eigenvalue weighted by Crippen LogP contribution is 2.27. The van der Waals surface area contributed by atoms with Crippen molar-refractivity contribution in [3.63, 3.8) is 0 Å². The molecule has 0 saturated heterocycles. The van der Waals surface area contributed by atoms with Crippen molar-refractivity contribution in [2.24, 2.45) is 0 Å². The first-order chi connectivity index (χ1) is 11.3. The summed E-state index contributed by atoms with van der Waals surface area (Å²) < 4.78 is 7.62. The van der Waals surface area contributed by atoms with Gasteiger partial charge in [-0.1, -0.05) is 36.9 Å². The maximum Gasteiger partial charge on any atom is 0.226 e. The summed E-state index contributed by atoms with van der Waals surface area (Å²) in [5.41, 5.74) is 3.15.